The molecule has 1 atom stereocenters. The Hall–Kier alpha value is -1.66. The highest BCUT2D eigenvalue weighted by molar-refractivity contribution is 5.84. The van der Waals surface area contributed by atoms with Crippen molar-refractivity contribution in [2.24, 2.45) is 10.9 Å². The molecule has 1 fully saturated rings. The molecule has 1 aromatic rings. The van der Waals surface area contributed by atoms with Crippen LogP contribution in [0, 0.1) is 6.92 Å². The van der Waals surface area contributed by atoms with Gasteiger partial charge in [0.05, 0.1) is 12.3 Å². The highest BCUT2D eigenvalue weighted by Gasteiger charge is 2.24. The largest absolute Gasteiger partial charge is 0.409 e. The summed E-state index contributed by atoms with van der Waals surface area (Å²) in [5.41, 5.74) is 7.79. The van der Waals surface area contributed by atoms with Gasteiger partial charge < -0.3 is 15.7 Å². The van der Waals surface area contributed by atoms with E-state index < -0.39 is 0 Å². The topological polar surface area (TPSA) is 84.0 Å². The number of amidine groups is 1. The lowest BCUT2D eigenvalue weighted by molar-refractivity contribution is 0.000905. The molecule has 0 amide bonds. The number of rotatable bonds is 3. The fourth-order valence-electron chi connectivity index (χ4n) is 1.99. The van der Waals surface area contributed by atoms with Gasteiger partial charge in [0.15, 0.2) is 5.84 Å². The smallest absolute Gasteiger partial charge is 0.169 e. The van der Waals surface area contributed by atoms with Gasteiger partial charge in [0, 0.05) is 25.8 Å². The summed E-state index contributed by atoms with van der Waals surface area (Å²) in [6.45, 7) is 4.82. The second-order valence-corrected chi connectivity index (χ2v) is 4.39. The Morgan fingerprint density at radius 3 is 3.28 bits per heavy atom. The summed E-state index contributed by atoms with van der Waals surface area (Å²) in [5, 5.41) is 11.7. The maximum absolute atomic E-state index is 8.66. The zero-order valence-electron chi connectivity index (χ0n) is 10.4. The maximum atomic E-state index is 8.66. The highest BCUT2D eigenvalue weighted by atomic mass is 16.5. The Labute approximate surface area is 106 Å². The van der Waals surface area contributed by atoms with Crippen molar-refractivity contribution in [2.45, 2.75) is 19.6 Å². The van der Waals surface area contributed by atoms with Crippen LogP contribution in [0.4, 0.5) is 0 Å². The van der Waals surface area contributed by atoms with Gasteiger partial charge in [-0.15, -0.1) is 0 Å². The number of morpholine rings is 1. The van der Waals surface area contributed by atoms with Gasteiger partial charge in [-0.1, -0.05) is 11.2 Å². The molecule has 6 heteroatoms. The lowest BCUT2D eigenvalue weighted by Gasteiger charge is -2.32. The fraction of sp³-hybridized carbons (Fsp3) is 0.500. The third-order valence-corrected chi connectivity index (χ3v) is 3.09. The van der Waals surface area contributed by atoms with Gasteiger partial charge in [-0.05, 0) is 18.6 Å². The lowest BCUT2D eigenvalue weighted by Crippen LogP contribution is -2.48. The van der Waals surface area contributed by atoms with Gasteiger partial charge in [-0.25, -0.2) is 0 Å². The number of hydrogen-bond acceptors (Lipinski definition) is 5. The van der Waals surface area contributed by atoms with Crippen LogP contribution >= 0.6 is 0 Å². The van der Waals surface area contributed by atoms with E-state index in [4.69, 9.17) is 15.7 Å². The third-order valence-electron chi connectivity index (χ3n) is 3.09. The van der Waals surface area contributed by atoms with E-state index in [9.17, 15) is 0 Å². The number of pyridine rings is 1. The van der Waals surface area contributed by atoms with Gasteiger partial charge >= 0.3 is 0 Å². The molecule has 2 rings (SSSR count). The summed E-state index contributed by atoms with van der Waals surface area (Å²) in [6.07, 6.45) is 1.46. The summed E-state index contributed by atoms with van der Waals surface area (Å²) in [7, 11) is 0. The van der Waals surface area contributed by atoms with Crippen LogP contribution in [0.3, 0.4) is 0 Å². The molecule has 0 bridgehead atoms. The van der Waals surface area contributed by atoms with Crippen LogP contribution in [-0.4, -0.2) is 46.7 Å². The number of nitrogens with two attached hydrogens (primary N) is 1. The number of nitrogens with zero attached hydrogens (tertiary/aromatic N) is 3. The van der Waals surface area contributed by atoms with Crippen molar-refractivity contribution in [1.29, 1.82) is 0 Å². The van der Waals surface area contributed by atoms with E-state index in [-0.39, 0.29) is 11.9 Å². The summed E-state index contributed by atoms with van der Waals surface area (Å²) in [5.74, 6) is 0.123. The van der Waals surface area contributed by atoms with Crippen molar-refractivity contribution in [3.63, 3.8) is 0 Å². The standard InChI is InChI=1S/C12H18N4O2/c1-9-3-2-4-14-10(9)7-16-5-6-18-11(8-16)12(13)15-17/h2-4,11,17H,5-8H2,1H3,(H2,13,15). The van der Waals surface area contributed by atoms with Crippen molar-refractivity contribution < 1.29 is 9.94 Å². The molecule has 1 saturated heterocycles. The highest BCUT2D eigenvalue weighted by Crippen LogP contribution is 2.11. The summed E-state index contributed by atoms with van der Waals surface area (Å²) >= 11 is 0. The van der Waals surface area contributed by atoms with E-state index in [0.717, 1.165) is 18.8 Å². The van der Waals surface area contributed by atoms with Gasteiger partial charge in [-0.3, -0.25) is 9.88 Å². The minimum Gasteiger partial charge on any atom is -0.409 e. The zero-order chi connectivity index (χ0) is 13.0. The van der Waals surface area contributed by atoms with Crippen LogP contribution in [0.2, 0.25) is 0 Å². The molecule has 1 unspecified atom stereocenters. The molecule has 0 radical (unpaired) electrons. The van der Waals surface area contributed by atoms with E-state index in [1.807, 2.05) is 19.1 Å². The SMILES string of the molecule is Cc1cccnc1CN1CCOC(/C(N)=N/O)C1. The van der Waals surface area contributed by atoms with E-state index >= 15 is 0 Å². The van der Waals surface area contributed by atoms with Crippen LogP contribution in [0.1, 0.15) is 11.3 Å². The molecule has 0 saturated carbocycles. The van der Waals surface area contributed by atoms with Crippen LogP contribution in [0.15, 0.2) is 23.5 Å². The predicted octanol–water partition coefficient (Wildman–Crippen LogP) is 0.337. The van der Waals surface area contributed by atoms with Crippen molar-refractivity contribution in [3.8, 4) is 0 Å². The van der Waals surface area contributed by atoms with Crippen LogP contribution in [0.25, 0.3) is 0 Å². The molecular formula is C12H18N4O2. The maximum Gasteiger partial charge on any atom is 0.169 e. The first-order chi connectivity index (χ1) is 8.70. The molecule has 1 aliphatic rings. The van der Waals surface area contributed by atoms with E-state index in [2.05, 4.69) is 15.0 Å². The molecule has 0 spiro atoms. The molecule has 6 nitrogen and oxygen atoms in total. The van der Waals surface area contributed by atoms with E-state index in [1.165, 1.54) is 5.56 Å². The molecule has 0 aliphatic carbocycles. The minimum absolute atomic E-state index is 0.123. The van der Waals surface area contributed by atoms with Gasteiger partial charge in [0.1, 0.15) is 6.10 Å². The molecule has 3 N–H and O–H groups in total. The summed E-state index contributed by atoms with van der Waals surface area (Å²) in [4.78, 5) is 6.57. The second-order valence-electron chi connectivity index (χ2n) is 4.39. The van der Waals surface area contributed by atoms with Crippen LogP contribution in [0.5, 0.6) is 0 Å². The molecule has 1 aliphatic heterocycles. The minimum atomic E-state index is -0.340. The van der Waals surface area contributed by atoms with Crippen molar-refractivity contribution >= 4 is 5.84 Å². The van der Waals surface area contributed by atoms with Crippen molar-refractivity contribution in [2.75, 3.05) is 19.7 Å². The number of aromatic nitrogens is 1. The van der Waals surface area contributed by atoms with Crippen LogP contribution in [-0.2, 0) is 11.3 Å². The van der Waals surface area contributed by atoms with Crippen molar-refractivity contribution in [1.82, 2.24) is 9.88 Å². The Balaban J connectivity index is 2.00. The first-order valence-corrected chi connectivity index (χ1v) is 5.92. The number of ether oxygens (including phenoxy) is 1. The van der Waals surface area contributed by atoms with Crippen LogP contribution < -0.4 is 5.73 Å². The summed E-state index contributed by atoms with van der Waals surface area (Å²) < 4.78 is 5.45. The Morgan fingerprint density at radius 2 is 2.56 bits per heavy atom. The summed E-state index contributed by atoms with van der Waals surface area (Å²) in [6, 6.07) is 3.97. The van der Waals surface area contributed by atoms with Gasteiger partial charge in [0.2, 0.25) is 0 Å². The molecule has 98 valence electrons. The number of aryl methyl sites for hydroxylation is 1. The van der Waals surface area contributed by atoms with Gasteiger partial charge in [0.25, 0.3) is 0 Å². The number of hydrogen-bond donors (Lipinski definition) is 2. The van der Waals surface area contributed by atoms with E-state index in [0.29, 0.717) is 13.2 Å². The Kier molecular flexibility index (Phi) is 4.11. The first kappa shape index (κ1) is 12.8. The zero-order valence-corrected chi connectivity index (χ0v) is 10.4. The quantitative estimate of drug-likeness (QED) is 0.350. The third kappa shape index (κ3) is 2.96. The Morgan fingerprint density at radius 1 is 1.72 bits per heavy atom. The average Bonchev–Trinajstić information content (AvgIpc) is 2.41. The second kappa shape index (κ2) is 5.79. The van der Waals surface area contributed by atoms with Gasteiger partial charge in [-0.2, -0.15) is 0 Å². The lowest BCUT2D eigenvalue weighted by atomic mass is 10.2. The molecule has 0 aromatic carbocycles. The molecule has 1 aromatic heterocycles. The first-order valence-electron chi connectivity index (χ1n) is 5.92. The average molecular weight is 250 g/mol. The molecular weight excluding hydrogens is 232 g/mol. The predicted molar refractivity (Wildman–Crippen MR) is 67.4 cm³/mol. The Bertz CT molecular complexity index is 436. The monoisotopic (exact) mass is 250 g/mol. The molecule has 2 heterocycles. The van der Waals surface area contributed by atoms with Crippen molar-refractivity contribution in [3.05, 3.63) is 29.6 Å². The van der Waals surface area contributed by atoms with E-state index in [1.54, 1.807) is 6.20 Å². The molecule has 18 heavy (non-hydrogen) atoms. The number of oxime groups is 1. The normalized spacial score (nSPS) is 22.1. The fourth-order valence-corrected chi connectivity index (χ4v) is 1.99.